The van der Waals surface area contributed by atoms with E-state index in [1.54, 1.807) is 12.0 Å². The zero-order valence-corrected chi connectivity index (χ0v) is 16.5. The van der Waals surface area contributed by atoms with Crippen LogP contribution in [-0.2, 0) is 19.6 Å². The molecule has 2 amide bonds. The Morgan fingerprint density at radius 2 is 1.73 bits per heavy atom. The van der Waals surface area contributed by atoms with Gasteiger partial charge in [0.1, 0.15) is 0 Å². The van der Waals surface area contributed by atoms with Crippen molar-refractivity contribution in [3.63, 3.8) is 0 Å². The summed E-state index contributed by atoms with van der Waals surface area (Å²) >= 11 is 0. The number of carbonyl (C=O) groups is 2. The molecule has 8 nitrogen and oxygen atoms in total. The first-order valence-corrected chi connectivity index (χ1v) is 9.69. The maximum absolute atomic E-state index is 12.2. The van der Waals surface area contributed by atoms with Gasteiger partial charge in [0.25, 0.3) is 5.91 Å². The van der Waals surface area contributed by atoms with Gasteiger partial charge >= 0.3 is 0 Å². The highest BCUT2D eigenvalue weighted by Crippen LogP contribution is 2.13. The number of nitrogens with zero attached hydrogens (tertiary/aromatic N) is 2. The normalized spacial score (nSPS) is 11.4. The number of hydrogen-bond donors (Lipinski definition) is 1. The van der Waals surface area contributed by atoms with Crippen molar-refractivity contribution in [2.75, 3.05) is 47.4 Å². The zero-order chi connectivity index (χ0) is 19.7. The molecule has 9 heteroatoms. The monoisotopic (exact) mass is 385 g/mol. The van der Waals surface area contributed by atoms with Crippen LogP contribution in [0.5, 0.6) is 0 Å². The lowest BCUT2D eigenvalue weighted by Gasteiger charge is -2.21. The lowest BCUT2D eigenvalue weighted by atomic mass is 10.2. The fourth-order valence-electron chi connectivity index (χ4n) is 2.22. The number of rotatable bonds is 10. The molecule has 0 spiro atoms. The minimum Gasteiger partial charge on any atom is -0.385 e. The Kier molecular flexibility index (Phi) is 8.70. The molecule has 146 valence electrons. The lowest BCUT2D eigenvalue weighted by Crippen LogP contribution is -2.38. The molecule has 0 aliphatic rings. The maximum Gasteiger partial charge on any atom is 0.251 e. The van der Waals surface area contributed by atoms with E-state index in [4.69, 9.17) is 4.74 Å². The van der Waals surface area contributed by atoms with Crippen molar-refractivity contribution >= 4 is 21.8 Å². The number of amides is 2. The maximum atomic E-state index is 12.2. The van der Waals surface area contributed by atoms with Crippen LogP contribution in [0.15, 0.2) is 29.2 Å². The van der Waals surface area contributed by atoms with Gasteiger partial charge in [-0.15, -0.1) is 0 Å². The molecule has 0 saturated heterocycles. The second kappa shape index (κ2) is 10.2. The summed E-state index contributed by atoms with van der Waals surface area (Å²) in [6, 6.07) is 5.73. The van der Waals surface area contributed by atoms with Gasteiger partial charge in [-0.25, -0.2) is 12.7 Å². The molecule has 0 saturated carbocycles. The van der Waals surface area contributed by atoms with Gasteiger partial charge in [0, 0.05) is 59.9 Å². The Morgan fingerprint density at radius 1 is 1.12 bits per heavy atom. The van der Waals surface area contributed by atoms with Crippen molar-refractivity contribution in [2.45, 2.75) is 18.2 Å². The molecule has 1 aromatic carbocycles. The van der Waals surface area contributed by atoms with Crippen LogP contribution in [0.3, 0.4) is 0 Å². The molecule has 1 N–H and O–H groups in total. The molecule has 0 bridgehead atoms. The minimum absolute atomic E-state index is 0.0615. The predicted molar refractivity (Wildman–Crippen MR) is 98.4 cm³/mol. The summed E-state index contributed by atoms with van der Waals surface area (Å²) in [6.07, 6.45) is 0.728. The quantitative estimate of drug-likeness (QED) is 0.594. The number of sulfonamides is 1. The summed E-state index contributed by atoms with van der Waals surface area (Å²) in [4.78, 5) is 25.5. The number of methoxy groups -OCH3 is 1. The molecule has 0 heterocycles. The van der Waals surface area contributed by atoms with E-state index in [2.05, 4.69) is 5.32 Å². The SMILES string of the molecule is COCCCN(CCNC(=O)c1ccc(S(=O)(=O)N(C)C)cc1)C(C)=O. The van der Waals surface area contributed by atoms with Crippen LogP contribution in [0.1, 0.15) is 23.7 Å². The molecule has 0 aliphatic heterocycles. The van der Waals surface area contributed by atoms with Gasteiger partial charge in [0.2, 0.25) is 15.9 Å². The van der Waals surface area contributed by atoms with Crippen molar-refractivity contribution in [2.24, 2.45) is 0 Å². The van der Waals surface area contributed by atoms with Crippen LogP contribution in [0.25, 0.3) is 0 Å². The molecule has 0 fully saturated rings. The third-order valence-electron chi connectivity index (χ3n) is 3.78. The molecule has 1 rings (SSSR count). The molecule has 26 heavy (non-hydrogen) atoms. The number of benzene rings is 1. The minimum atomic E-state index is -3.52. The number of ether oxygens (including phenoxy) is 1. The first kappa shape index (κ1) is 22.1. The summed E-state index contributed by atoms with van der Waals surface area (Å²) in [6.45, 7) is 3.33. The molecular formula is C17H27N3O5S. The van der Waals surface area contributed by atoms with Gasteiger partial charge in [-0.1, -0.05) is 0 Å². The van der Waals surface area contributed by atoms with Crippen molar-refractivity contribution in [3.05, 3.63) is 29.8 Å². The molecule has 0 radical (unpaired) electrons. The van der Waals surface area contributed by atoms with Gasteiger partial charge in [0.15, 0.2) is 0 Å². The first-order valence-electron chi connectivity index (χ1n) is 8.25. The molecule has 0 aliphatic carbocycles. The first-order chi connectivity index (χ1) is 12.2. The van der Waals surface area contributed by atoms with Crippen LogP contribution in [0.2, 0.25) is 0 Å². The largest absolute Gasteiger partial charge is 0.385 e. The molecular weight excluding hydrogens is 358 g/mol. The van der Waals surface area contributed by atoms with Crippen LogP contribution >= 0.6 is 0 Å². The zero-order valence-electron chi connectivity index (χ0n) is 15.7. The predicted octanol–water partition coefficient (Wildman–Crippen LogP) is 0.552. The van der Waals surface area contributed by atoms with E-state index in [1.165, 1.54) is 45.3 Å². The third-order valence-corrected chi connectivity index (χ3v) is 5.61. The highest BCUT2D eigenvalue weighted by Gasteiger charge is 2.17. The standard InChI is InChI=1S/C17H27N3O5S/c1-14(21)20(11-5-13-25-4)12-10-18-17(22)15-6-8-16(9-7-15)26(23,24)19(2)3/h6-9H,5,10-13H2,1-4H3,(H,18,22). The summed E-state index contributed by atoms with van der Waals surface area (Å²) in [5.74, 6) is -0.382. The number of hydrogen-bond acceptors (Lipinski definition) is 5. The summed E-state index contributed by atoms with van der Waals surface area (Å²) in [5.41, 5.74) is 0.358. The molecule has 1 aromatic rings. The van der Waals surface area contributed by atoms with Crippen molar-refractivity contribution in [3.8, 4) is 0 Å². The Morgan fingerprint density at radius 3 is 2.23 bits per heavy atom. The van der Waals surface area contributed by atoms with E-state index in [1.807, 2.05) is 0 Å². The Balaban J connectivity index is 2.59. The number of nitrogens with one attached hydrogen (secondary N) is 1. The van der Waals surface area contributed by atoms with Gasteiger partial charge in [-0.2, -0.15) is 0 Å². The van der Waals surface area contributed by atoms with E-state index < -0.39 is 10.0 Å². The average Bonchev–Trinajstić information content (AvgIpc) is 2.60. The summed E-state index contributed by atoms with van der Waals surface area (Å²) in [5, 5.41) is 2.73. The van der Waals surface area contributed by atoms with Crippen molar-refractivity contribution in [1.82, 2.24) is 14.5 Å². The Labute approximate surface area is 155 Å². The van der Waals surface area contributed by atoms with Crippen LogP contribution in [0.4, 0.5) is 0 Å². The van der Waals surface area contributed by atoms with E-state index in [9.17, 15) is 18.0 Å². The second-order valence-corrected chi connectivity index (χ2v) is 8.07. The molecule has 0 atom stereocenters. The van der Waals surface area contributed by atoms with Crippen LogP contribution < -0.4 is 5.32 Å². The van der Waals surface area contributed by atoms with Gasteiger partial charge in [0.05, 0.1) is 4.90 Å². The fourth-order valence-corrected chi connectivity index (χ4v) is 3.12. The lowest BCUT2D eigenvalue weighted by molar-refractivity contribution is -0.129. The van der Waals surface area contributed by atoms with Gasteiger partial charge in [-0.05, 0) is 30.7 Å². The highest BCUT2D eigenvalue weighted by atomic mass is 32.2. The topological polar surface area (TPSA) is 96.0 Å². The summed E-state index contributed by atoms with van der Waals surface area (Å²) in [7, 11) is 0.979. The number of carbonyl (C=O) groups excluding carboxylic acids is 2. The van der Waals surface area contributed by atoms with E-state index in [-0.39, 0.29) is 16.7 Å². The van der Waals surface area contributed by atoms with E-state index in [0.29, 0.717) is 31.8 Å². The fraction of sp³-hybridized carbons (Fsp3) is 0.529. The highest BCUT2D eigenvalue weighted by molar-refractivity contribution is 7.89. The van der Waals surface area contributed by atoms with E-state index in [0.717, 1.165) is 10.7 Å². The van der Waals surface area contributed by atoms with Crippen LogP contribution in [0, 0.1) is 0 Å². The smallest absolute Gasteiger partial charge is 0.251 e. The third kappa shape index (κ3) is 6.40. The average molecular weight is 385 g/mol. The molecule has 0 unspecified atom stereocenters. The van der Waals surface area contributed by atoms with Crippen LogP contribution in [-0.4, -0.2) is 76.9 Å². The van der Waals surface area contributed by atoms with Gasteiger partial charge < -0.3 is 15.0 Å². The Hall–Kier alpha value is -1.97. The summed E-state index contributed by atoms with van der Waals surface area (Å²) < 4.78 is 30.1. The van der Waals surface area contributed by atoms with Crippen molar-refractivity contribution in [1.29, 1.82) is 0 Å². The van der Waals surface area contributed by atoms with Gasteiger partial charge in [-0.3, -0.25) is 9.59 Å². The van der Waals surface area contributed by atoms with Crippen molar-refractivity contribution < 1.29 is 22.7 Å². The second-order valence-electron chi connectivity index (χ2n) is 5.92. The molecule has 0 aromatic heterocycles. The Bertz CT molecular complexity index is 702. The van der Waals surface area contributed by atoms with E-state index >= 15 is 0 Å².